The lowest BCUT2D eigenvalue weighted by Crippen LogP contribution is -1.79. The van der Waals surface area contributed by atoms with E-state index in [4.69, 9.17) is 0 Å². The summed E-state index contributed by atoms with van der Waals surface area (Å²) < 4.78 is 0. The lowest BCUT2D eigenvalue weighted by molar-refractivity contribution is 0.944. The van der Waals surface area contributed by atoms with Gasteiger partial charge in [0.05, 0.1) is 0 Å². The van der Waals surface area contributed by atoms with Crippen LogP contribution in [0.5, 0.6) is 0 Å². The topological polar surface area (TPSA) is 0 Å². The second kappa shape index (κ2) is 7.23. The molecule has 0 spiro atoms. The summed E-state index contributed by atoms with van der Waals surface area (Å²) in [5.41, 5.74) is 2.47. The van der Waals surface area contributed by atoms with Gasteiger partial charge < -0.3 is 0 Å². The van der Waals surface area contributed by atoms with Gasteiger partial charge in [-0.3, -0.25) is 0 Å². The average Bonchev–Trinajstić information content (AvgIpc) is 2.10. The molecule has 0 unspecified atom stereocenters. The summed E-state index contributed by atoms with van der Waals surface area (Å²) in [6.07, 6.45) is 8.43. The molecule has 0 N–H and O–H groups in total. The van der Waals surface area contributed by atoms with Gasteiger partial charge in [0, 0.05) is 0 Å². The molecule has 68 valence electrons. The molecule has 0 saturated heterocycles. The van der Waals surface area contributed by atoms with E-state index >= 15 is 0 Å². The van der Waals surface area contributed by atoms with Crippen LogP contribution in [0.25, 0.3) is 0 Å². The van der Waals surface area contributed by atoms with Crippen molar-refractivity contribution >= 4 is 12.6 Å². The quantitative estimate of drug-likeness (QED) is 0.485. The predicted octanol–water partition coefficient (Wildman–Crippen LogP) is 3.78. The number of allylic oxidation sites excluding steroid dienone is 5. The molecule has 0 atom stereocenters. The number of rotatable bonds is 5. The van der Waals surface area contributed by atoms with E-state index in [9.17, 15) is 0 Å². The van der Waals surface area contributed by atoms with E-state index in [1.807, 2.05) is 6.92 Å². The molecule has 0 aromatic carbocycles. The second-order valence-electron chi connectivity index (χ2n) is 2.85. The standard InChI is InChI=1S/C11H18S/c1-4-10(2)7-8-11(3)6-5-9-12/h4,7-8,12H,3,5-6,9H2,1-2H3/b8-7-,10-4-. The van der Waals surface area contributed by atoms with Crippen molar-refractivity contribution in [2.75, 3.05) is 5.75 Å². The van der Waals surface area contributed by atoms with E-state index in [0.717, 1.165) is 18.6 Å². The normalized spacial score (nSPS) is 12.4. The zero-order valence-electron chi connectivity index (χ0n) is 8.01. The third kappa shape index (κ3) is 6.29. The van der Waals surface area contributed by atoms with Crippen LogP contribution in [0.1, 0.15) is 26.7 Å². The molecular formula is C11H18S. The van der Waals surface area contributed by atoms with Crippen molar-refractivity contribution < 1.29 is 0 Å². The summed E-state index contributed by atoms with van der Waals surface area (Å²) in [7, 11) is 0. The lowest BCUT2D eigenvalue weighted by Gasteiger charge is -1.96. The minimum absolute atomic E-state index is 0.940. The number of thiol groups is 1. The highest BCUT2D eigenvalue weighted by Gasteiger charge is 1.87. The van der Waals surface area contributed by atoms with Gasteiger partial charge in [0.2, 0.25) is 0 Å². The smallest absolute Gasteiger partial charge is 0.00948 e. The second-order valence-corrected chi connectivity index (χ2v) is 3.30. The predicted molar refractivity (Wildman–Crippen MR) is 60.8 cm³/mol. The molecule has 0 rings (SSSR count). The van der Waals surface area contributed by atoms with E-state index in [1.54, 1.807) is 0 Å². The van der Waals surface area contributed by atoms with Crippen molar-refractivity contribution in [2.45, 2.75) is 26.7 Å². The Balaban J connectivity index is 3.76. The first kappa shape index (κ1) is 11.6. The zero-order chi connectivity index (χ0) is 9.40. The Morgan fingerprint density at radius 1 is 1.42 bits per heavy atom. The molecule has 0 amide bonds. The molecule has 12 heavy (non-hydrogen) atoms. The van der Waals surface area contributed by atoms with Crippen LogP contribution in [0.15, 0.2) is 36.0 Å². The number of hydrogen-bond donors (Lipinski definition) is 1. The summed E-state index contributed by atoms with van der Waals surface area (Å²) in [5, 5.41) is 0. The van der Waals surface area contributed by atoms with Gasteiger partial charge in [-0.15, -0.1) is 0 Å². The molecule has 0 saturated carbocycles. The van der Waals surface area contributed by atoms with Gasteiger partial charge in [0.15, 0.2) is 0 Å². The first-order valence-corrected chi connectivity index (χ1v) is 4.93. The maximum atomic E-state index is 4.15. The van der Waals surface area contributed by atoms with Crippen LogP contribution in [0.2, 0.25) is 0 Å². The van der Waals surface area contributed by atoms with Crippen molar-refractivity contribution in [2.24, 2.45) is 0 Å². The molecule has 0 aromatic rings. The van der Waals surface area contributed by atoms with Gasteiger partial charge in [-0.25, -0.2) is 0 Å². The minimum atomic E-state index is 0.940. The Kier molecular flexibility index (Phi) is 6.97. The first-order chi connectivity index (χ1) is 5.70. The molecule has 0 bridgehead atoms. The summed E-state index contributed by atoms with van der Waals surface area (Å²) in [6, 6.07) is 0. The molecule has 0 aliphatic heterocycles. The maximum absolute atomic E-state index is 4.15. The highest BCUT2D eigenvalue weighted by molar-refractivity contribution is 7.80. The minimum Gasteiger partial charge on any atom is -0.179 e. The maximum Gasteiger partial charge on any atom is -0.00948 e. The third-order valence-electron chi connectivity index (χ3n) is 1.69. The van der Waals surface area contributed by atoms with Crippen LogP contribution in [0, 0.1) is 0 Å². The monoisotopic (exact) mass is 182 g/mol. The van der Waals surface area contributed by atoms with Crippen LogP contribution in [-0.2, 0) is 0 Å². The highest BCUT2D eigenvalue weighted by atomic mass is 32.1. The molecular weight excluding hydrogens is 164 g/mol. The van der Waals surface area contributed by atoms with Crippen molar-refractivity contribution in [1.82, 2.24) is 0 Å². The van der Waals surface area contributed by atoms with Crippen molar-refractivity contribution in [3.05, 3.63) is 36.0 Å². The third-order valence-corrected chi connectivity index (χ3v) is 2.01. The van der Waals surface area contributed by atoms with Crippen molar-refractivity contribution in [1.29, 1.82) is 0 Å². The van der Waals surface area contributed by atoms with Crippen LogP contribution in [0.3, 0.4) is 0 Å². The fourth-order valence-electron chi connectivity index (χ4n) is 0.735. The molecule has 1 heteroatoms. The largest absolute Gasteiger partial charge is 0.179 e. The molecule has 0 aliphatic carbocycles. The van der Waals surface area contributed by atoms with E-state index in [-0.39, 0.29) is 0 Å². The van der Waals surface area contributed by atoms with Crippen molar-refractivity contribution in [3.8, 4) is 0 Å². The average molecular weight is 182 g/mol. The fourth-order valence-corrected chi connectivity index (χ4v) is 0.893. The van der Waals surface area contributed by atoms with Crippen LogP contribution in [0.4, 0.5) is 0 Å². The van der Waals surface area contributed by atoms with Gasteiger partial charge >= 0.3 is 0 Å². The summed E-state index contributed by atoms with van der Waals surface area (Å²) in [5.74, 6) is 0.940. The molecule has 0 nitrogen and oxygen atoms in total. The summed E-state index contributed by atoms with van der Waals surface area (Å²) >= 11 is 4.15. The fraction of sp³-hybridized carbons (Fsp3) is 0.455. The zero-order valence-corrected chi connectivity index (χ0v) is 8.90. The Labute approximate surface area is 81.5 Å². The van der Waals surface area contributed by atoms with Gasteiger partial charge in [0.25, 0.3) is 0 Å². The molecule has 0 heterocycles. The van der Waals surface area contributed by atoms with E-state index < -0.39 is 0 Å². The van der Waals surface area contributed by atoms with Gasteiger partial charge in [-0.2, -0.15) is 12.6 Å². The summed E-state index contributed by atoms with van der Waals surface area (Å²) in [6.45, 7) is 8.07. The van der Waals surface area contributed by atoms with E-state index in [1.165, 1.54) is 11.1 Å². The Bertz CT molecular complexity index is 187. The van der Waals surface area contributed by atoms with Gasteiger partial charge in [0.1, 0.15) is 0 Å². The Hall–Kier alpha value is -0.430. The van der Waals surface area contributed by atoms with Gasteiger partial charge in [-0.1, -0.05) is 36.0 Å². The van der Waals surface area contributed by atoms with Crippen LogP contribution in [-0.4, -0.2) is 5.75 Å². The first-order valence-electron chi connectivity index (χ1n) is 4.30. The van der Waals surface area contributed by atoms with Crippen LogP contribution < -0.4 is 0 Å². The SMILES string of the molecule is C=C(/C=C\C(C)=C/C)CCCS. The number of hydrogen-bond acceptors (Lipinski definition) is 1. The van der Waals surface area contributed by atoms with Gasteiger partial charge in [-0.05, 0) is 32.4 Å². The molecule has 0 aliphatic rings. The Morgan fingerprint density at radius 3 is 2.58 bits per heavy atom. The summed E-state index contributed by atoms with van der Waals surface area (Å²) in [4.78, 5) is 0. The molecule has 0 radical (unpaired) electrons. The van der Waals surface area contributed by atoms with Crippen LogP contribution >= 0.6 is 12.6 Å². The van der Waals surface area contributed by atoms with Crippen molar-refractivity contribution in [3.63, 3.8) is 0 Å². The molecule has 0 aromatic heterocycles. The van der Waals surface area contributed by atoms with E-state index in [0.29, 0.717) is 0 Å². The molecule has 0 fully saturated rings. The Morgan fingerprint density at radius 2 is 2.08 bits per heavy atom. The highest BCUT2D eigenvalue weighted by Crippen LogP contribution is 2.06. The lowest BCUT2D eigenvalue weighted by atomic mass is 10.1. The van der Waals surface area contributed by atoms with E-state index in [2.05, 4.69) is 44.4 Å².